The zero-order chi connectivity index (χ0) is 19.8. The maximum absolute atomic E-state index is 13.4. The number of carbonyl (C=O) groups is 1. The van der Waals surface area contributed by atoms with E-state index in [1.165, 1.54) is 0 Å². The fourth-order valence-corrected chi connectivity index (χ4v) is 3.76. The fraction of sp³-hybridized carbons (Fsp3) is 0.368. The summed E-state index contributed by atoms with van der Waals surface area (Å²) in [6, 6.07) is 5.25. The molecule has 0 radical (unpaired) electrons. The van der Waals surface area contributed by atoms with Gasteiger partial charge in [0, 0.05) is 44.8 Å². The Kier molecular flexibility index (Phi) is 4.91. The van der Waals surface area contributed by atoms with Gasteiger partial charge in [0.1, 0.15) is 17.6 Å². The standard InChI is InChI=1S/C19H22ClN7O/c1-12-10-13(2)27(24-12)16-5-4-14(20)17(23-16)19(28)26-9-6-21-11-15(26)18-22-7-8-25(18)3/h4-5,7-8,10,15,21H,6,9,11H2,1-3H3. The van der Waals surface area contributed by atoms with Crippen LogP contribution in [0.5, 0.6) is 0 Å². The number of rotatable bonds is 3. The Morgan fingerprint density at radius 1 is 1.32 bits per heavy atom. The largest absolute Gasteiger partial charge is 0.336 e. The van der Waals surface area contributed by atoms with Crippen molar-refractivity contribution >= 4 is 17.5 Å². The van der Waals surface area contributed by atoms with Gasteiger partial charge in [-0.05, 0) is 32.0 Å². The molecular formula is C19H22ClN7O. The summed E-state index contributed by atoms with van der Waals surface area (Å²) in [5.74, 6) is 1.19. The van der Waals surface area contributed by atoms with Crippen LogP contribution in [0.4, 0.5) is 0 Å². The Balaban J connectivity index is 1.71. The monoisotopic (exact) mass is 399 g/mol. The summed E-state index contributed by atoms with van der Waals surface area (Å²) in [6.07, 6.45) is 3.61. The van der Waals surface area contributed by atoms with Crippen molar-refractivity contribution in [3.8, 4) is 5.82 Å². The molecule has 0 aromatic carbocycles. The first-order valence-electron chi connectivity index (χ1n) is 9.15. The lowest BCUT2D eigenvalue weighted by Gasteiger charge is -2.35. The van der Waals surface area contributed by atoms with E-state index in [1.54, 1.807) is 27.9 Å². The van der Waals surface area contributed by atoms with Gasteiger partial charge in [0.05, 0.1) is 10.7 Å². The van der Waals surface area contributed by atoms with E-state index < -0.39 is 0 Å². The van der Waals surface area contributed by atoms with Crippen LogP contribution in [0.25, 0.3) is 5.82 Å². The van der Waals surface area contributed by atoms with Gasteiger partial charge in [-0.1, -0.05) is 11.6 Å². The van der Waals surface area contributed by atoms with Crippen molar-refractivity contribution in [1.82, 2.24) is 34.5 Å². The van der Waals surface area contributed by atoms with E-state index in [-0.39, 0.29) is 17.6 Å². The first-order valence-corrected chi connectivity index (χ1v) is 9.52. The molecule has 3 aromatic rings. The lowest BCUT2D eigenvalue weighted by molar-refractivity contribution is 0.0615. The SMILES string of the molecule is Cc1cc(C)n(-c2ccc(Cl)c(C(=O)N3CCNCC3c3nccn3C)n2)n1. The van der Waals surface area contributed by atoms with Crippen LogP contribution >= 0.6 is 11.6 Å². The summed E-state index contributed by atoms with van der Waals surface area (Å²) in [4.78, 5) is 24.2. The van der Waals surface area contributed by atoms with Gasteiger partial charge < -0.3 is 14.8 Å². The highest BCUT2D eigenvalue weighted by Gasteiger charge is 2.32. The van der Waals surface area contributed by atoms with Crippen LogP contribution in [0.15, 0.2) is 30.6 Å². The quantitative estimate of drug-likeness (QED) is 0.729. The molecule has 1 aliphatic rings. The zero-order valence-electron chi connectivity index (χ0n) is 16.1. The Morgan fingerprint density at radius 3 is 2.82 bits per heavy atom. The number of hydrogen-bond acceptors (Lipinski definition) is 5. The van der Waals surface area contributed by atoms with Gasteiger partial charge >= 0.3 is 0 Å². The average Bonchev–Trinajstić information content (AvgIpc) is 3.26. The number of hydrogen-bond donors (Lipinski definition) is 1. The Hall–Kier alpha value is -2.71. The topological polar surface area (TPSA) is 80.9 Å². The van der Waals surface area contributed by atoms with Gasteiger partial charge in [-0.2, -0.15) is 5.10 Å². The van der Waals surface area contributed by atoms with Crippen LogP contribution in [0.2, 0.25) is 5.02 Å². The molecule has 0 aliphatic carbocycles. The molecular weight excluding hydrogens is 378 g/mol. The normalized spacial score (nSPS) is 17.1. The molecule has 1 saturated heterocycles. The molecule has 0 spiro atoms. The highest BCUT2D eigenvalue weighted by atomic mass is 35.5. The van der Waals surface area contributed by atoms with E-state index in [1.807, 2.05) is 37.7 Å². The van der Waals surface area contributed by atoms with Crippen LogP contribution in [-0.2, 0) is 7.05 Å². The number of carbonyl (C=O) groups excluding carboxylic acids is 1. The third-order valence-corrected chi connectivity index (χ3v) is 5.23. The van der Waals surface area contributed by atoms with Crippen molar-refractivity contribution in [1.29, 1.82) is 0 Å². The minimum Gasteiger partial charge on any atom is -0.336 e. The smallest absolute Gasteiger partial charge is 0.274 e. The summed E-state index contributed by atoms with van der Waals surface area (Å²) in [5, 5.41) is 8.11. The van der Waals surface area contributed by atoms with Crippen molar-refractivity contribution in [2.24, 2.45) is 7.05 Å². The second-order valence-corrected chi connectivity index (χ2v) is 7.36. The highest BCUT2D eigenvalue weighted by Crippen LogP contribution is 2.25. The second-order valence-electron chi connectivity index (χ2n) is 6.95. The van der Waals surface area contributed by atoms with Crippen molar-refractivity contribution < 1.29 is 4.79 Å². The molecule has 4 rings (SSSR count). The lowest BCUT2D eigenvalue weighted by Crippen LogP contribution is -2.49. The predicted molar refractivity (Wildman–Crippen MR) is 106 cm³/mol. The van der Waals surface area contributed by atoms with E-state index in [9.17, 15) is 4.79 Å². The maximum atomic E-state index is 13.4. The molecule has 146 valence electrons. The molecule has 3 aromatic heterocycles. The van der Waals surface area contributed by atoms with Gasteiger partial charge in [-0.3, -0.25) is 4.79 Å². The third-order valence-electron chi connectivity index (χ3n) is 4.92. The first-order chi connectivity index (χ1) is 13.5. The summed E-state index contributed by atoms with van der Waals surface area (Å²) >= 11 is 6.37. The average molecular weight is 400 g/mol. The van der Waals surface area contributed by atoms with Gasteiger partial charge in [-0.15, -0.1) is 0 Å². The van der Waals surface area contributed by atoms with Crippen LogP contribution < -0.4 is 5.32 Å². The predicted octanol–water partition coefficient (Wildman–Crippen LogP) is 2.06. The number of aromatic nitrogens is 5. The maximum Gasteiger partial charge on any atom is 0.274 e. The third kappa shape index (κ3) is 3.29. The summed E-state index contributed by atoms with van der Waals surface area (Å²) in [5.41, 5.74) is 2.06. The molecule has 1 unspecified atom stereocenters. The molecule has 0 saturated carbocycles. The first kappa shape index (κ1) is 18.6. The number of amides is 1. The molecule has 1 N–H and O–H groups in total. The van der Waals surface area contributed by atoms with E-state index in [4.69, 9.17) is 11.6 Å². The minimum atomic E-state index is -0.206. The minimum absolute atomic E-state index is 0.184. The summed E-state index contributed by atoms with van der Waals surface area (Å²) in [7, 11) is 1.92. The van der Waals surface area contributed by atoms with Gasteiger partial charge in [0.25, 0.3) is 5.91 Å². The molecule has 1 fully saturated rings. The Morgan fingerprint density at radius 2 is 2.14 bits per heavy atom. The Labute approximate surface area is 168 Å². The number of nitrogens with zero attached hydrogens (tertiary/aromatic N) is 6. The van der Waals surface area contributed by atoms with Crippen molar-refractivity contribution in [3.05, 3.63) is 58.5 Å². The van der Waals surface area contributed by atoms with E-state index >= 15 is 0 Å². The van der Waals surface area contributed by atoms with Crippen LogP contribution in [0, 0.1) is 13.8 Å². The highest BCUT2D eigenvalue weighted by molar-refractivity contribution is 6.33. The van der Waals surface area contributed by atoms with E-state index in [2.05, 4.69) is 20.4 Å². The molecule has 9 heteroatoms. The molecule has 1 amide bonds. The number of halogens is 1. The van der Waals surface area contributed by atoms with Crippen LogP contribution in [0.3, 0.4) is 0 Å². The van der Waals surface area contributed by atoms with Gasteiger partial charge in [0.15, 0.2) is 5.82 Å². The van der Waals surface area contributed by atoms with E-state index in [0.717, 1.165) is 17.2 Å². The van der Waals surface area contributed by atoms with Crippen molar-refractivity contribution in [2.45, 2.75) is 19.9 Å². The molecule has 1 atom stereocenters. The van der Waals surface area contributed by atoms with Crippen molar-refractivity contribution in [3.63, 3.8) is 0 Å². The van der Waals surface area contributed by atoms with Crippen LogP contribution in [-0.4, -0.2) is 54.8 Å². The molecule has 8 nitrogen and oxygen atoms in total. The zero-order valence-corrected chi connectivity index (χ0v) is 16.8. The van der Waals surface area contributed by atoms with Gasteiger partial charge in [0.2, 0.25) is 0 Å². The number of nitrogens with one attached hydrogen (secondary N) is 1. The number of piperazine rings is 1. The summed E-state index contributed by atoms with van der Waals surface area (Å²) in [6.45, 7) is 5.76. The number of pyridine rings is 1. The fourth-order valence-electron chi connectivity index (χ4n) is 3.57. The van der Waals surface area contributed by atoms with Crippen LogP contribution in [0.1, 0.15) is 33.7 Å². The summed E-state index contributed by atoms with van der Waals surface area (Å²) < 4.78 is 3.65. The number of aryl methyl sites for hydroxylation is 3. The molecule has 28 heavy (non-hydrogen) atoms. The molecule has 0 bridgehead atoms. The molecule has 4 heterocycles. The number of imidazole rings is 1. The lowest BCUT2D eigenvalue weighted by atomic mass is 10.1. The Bertz CT molecular complexity index is 1030. The van der Waals surface area contributed by atoms with Crippen molar-refractivity contribution in [2.75, 3.05) is 19.6 Å². The van der Waals surface area contributed by atoms with Gasteiger partial charge in [-0.25, -0.2) is 14.6 Å². The second kappa shape index (κ2) is 7.37. The molecule has 1 aliphatic heterocycles. The van der Waals surface area contributed by atoms with E-state index in [0.29, 0.717) is 30.5 Å².